The van der Waals surface area contributed by atoms with Crippen LogP contribution in [0.1, 0.15) is 20.8 Å². The lowest BCUT2D eigenvalue weighted by molar-refractivity contribution is -0.361. The Bertz CT molecular complexity index is 622. The summed E-state index contributed by atoms with van der Waals surface area (Å²) in [6, 6.07) is 5.95. The average Bonchev–Trinajstić information content (AvgIpc) is 2.53. The number of ether oxygens (including phenoxy) is 4. The fourth-order valence-corrected chi connectivity index (χ4v) is 3.11. The monoisotopic (exact) mass is 371 g/mol. The van der Waals surface area contributed by atoms with Gasteiger partial charge in [-0.3, -0.25) is 4.79 Å². The van der Waals surface area contributed by atoms with Gasteiger partial charge in [-0.15, -0.1) is 0 Å². The van der Waals surface area contributed by atoms with E-state index in [0.717, 1.165) is 0 Å². The molecule has 0 aromatic heterocycles. The Morgan fingerprint density at radius 3 is 2.68 bits per heavy atom. The predicted octanol–water partition coefficient (Wildman–Crippen LogP) is 1.46. The second kappa shape index (κ2) is 7.09. The summed E-state index contributed by atoms with van der Waals surface area (Å²) >= 11 is 5.88. The van der Waals surface area contributed by atoms with Gasteiger partial charge in [0, 0.05) is 11.9 Å². The third-order valence-corrected chi connectivity index (χ3v) is 4.38. The van der Waals surface area contributed by atoms with E-state index in [-0.39, 0.29) is 12.5 Å². The molecule has 2 N–H and O–H groups in total. The number of nitrogens with one attached hydrogen (secondary N) is 1. The van der Waals surface area contributed by atoms with E-state index in [9.17, 15) is 9.90 Å². The standard InChI is InChI=1S/C17H22ClNO6/c1-9(20)19-13-14(21)15-12(8-22-17(2,3)25-15)24-16(13)23-11-6-4-10(18)5-7-11/h4-7,12-16,21H,8H2,1-3H3,(H,19,20)/t12-,13-,14+,15+,16+/m1/s1. The molecule has 0 saturated carbocycles. The number of rotatable bonds is 3. The molecule has 8 heteroatoms. The molecule has 0 bridgehead atoms. The molecule has 2 fully saturated rings. The molecule has 5 atom stereocenters. The zero-order valence-electron chi connectivity index (χ0n) is 14.3. The molecule has 138 valence electrons. The van der Waals surface area contributed by atoms with Crippen LogP contribution in [0.3, 0.4) is 0 Å². The Kier molecular flexibility index (Phi) is 5.22. The Morgan fingerprint density at radius 1 is 1.36 bits per heavy atom. The fraction of sp³-hybridized carbons (Fsp3) is 0.588. The van der Waals surface area contributed by atoms with E-state index in [1.54, 1.807) is 38.1 Å². The number of carbonyl (C=O) groups excluding carboxylic acids is 1. The summed E-state index contributed by atoms with van der Waals surface area (Å²) in [5.74, 6) is -0.633. The SMILES string of the molecule is CC(=O)N[C@H]1[C@@H](Oc2ccc(Cl)cc2)O[C@@H]2COC(C)(C)O[C@@H]2[C@H]1O. The molecule has 1 amide bonds. The topological polar surface area (TPSA) is 86.3 Å². The Morgan fingerprint density at radius 2 is 2.04 bits per heavy atom. The van der Waals surface area contributed by atoms with E-state index in [0.29, 0.717) is 10.8 Å². The number of carbonyl (C=O) groups is 1. The molecule has 25 heavy (non-hydrogen) atoms. The van der Waals surface area contributed by atoms with Gasteiger partial charge in [-0.1, -0.05) is 11.6 Å². The number of aliphatic hydroxyl groups excluding tert-OH is 1. The third kappa shape index (κ3) is 4.24. The molecule has 0 aliphatic carbocycles. The molecule has 2 aliphatic heterocycles. The maximum absolute atomic E-state index is 11.6. The molecule has 1 aromatic rings. The van der Waals surface area contributed by atoms with Crippen molar-refractivity contribution < 1.29 is 28.8 Å². The van der Waals surface area contributed by atoms with E-state index in [4.69, 9.17) is 30.5 Å². The second-order valence-electron chi connectivity index (χ2n) is 6.62. The molecule has 3 rings (SSSR count). The van der Waals surface area contributed by atoms with Gasteiger partial charge in [0.1, 0.15) is 30.1 Å². The normalized spacial score (nSPS) is 34.0. The molecule has 2 heterocycles. The van der Waals surface area contributed by atoms with Crippen LogP contribution in [0.4, 0.5) is 0 Å². The Labute approximate surface area is 151 Å². The van der Waals surface area contributed by atoms with Crippen LogP contribution in [0.2, 0.25) is 5.02 Å². The molecule has 0 spiro atoms. The van der Waals surface area contributed by atoms with Crippen molar-refractivity contribution in [1.82, 2.24) is 5.32 Å². The van der Waals surface area contributed by atoms with Gasteiger partial charge in [0.2, 0.25) is 12.2 Å². The quantitative estimate of drug-likeness (QED) is 0.836. The lowest BCUT2D eigenvalue weighted by Gasteiger charge is -2.49. The maximum atomic E-state index is 11.6. The molecule has 7 nitrogen and oxygen atoms in total. The van der Waals surface area contributed by atoms with Crippen molar-refractivity contribution in [2.75, 3.05) is 6.61 Å². The minimum atomic E-state index is -1.01. The number of benzene rings is 1. The van der Waals surface area contributed by atoms with Crippen LogP contribution < -0.4 is 10.1 Å². The summed E-state index contributed by atoms with van der Waals surface area (Å²) in [5.41, 5.74) is 0. The molecule has 0 unspecified atom stereocenters. The summed E-state index contributed by atoms with van der Waals surface area (Å²) in [5, 5.41) is 14.0. The third-order valence-electron chi connectivity index (χ3n) is 4.12. The van der Waals surface area contributed by atoms with Crippen molar-refractivity contribution in [2.45, 2.75) is 57.2 Å². The van der Waals surface area contributed by atoms with Crippen molar-refractivity contribution in [3.8, 4) is 5.75 Å². The number of aliphatic hydroxyl groups is 1. The Balaban J connectivity index is 1.80. The number of hydrogen-bond acceptors (Lipinski definition) is 6. The smallest absolute Gasteiger partial charge is 0.223 e. The zero-order chi connectivity index (χ0) is 18.2. The number of amides is 1. The van der Waals surface area contributed by atoms with Crippen LogP contribution in [0.15, 0.2) is 24.3 Å². The van der Waals surface area contributed by atoms with Crippen molar-refractivity contribution in [3.63, 3.8) is 0 Å². The van der Waals surface area contributed by atoms with E-state index < -0.39 is 36.4 Å². The number of hydrogen-bond donors (Lipinski definition) is 2. The van der Waals surface area contributed by atoms with Crippen LogP contribution in [0.5, 0.6) is 5.75 Å². The highest BCUT2D eigenvalue weighted by molar-refractivity contribution is 6.30. The van der Waals surface area contributed by atoms with Crippen LogP contribution in [-0.4, -0.2) is 54.1 Å². The second-order valence-corrected chi connectivity index (χ2v) is 7.06. The summed E-state index contributed by atoms with van der Waals surface area (Å²) in [6.07, 6.45) is -3.05. The molecular weight excluding hydrogens is 350 g/mol. The lowest BCUT2D eigenvalue weighted by Crippen LogP contribution is -2.69. The van der Waals surface area contributed by atoms with Gasteiger partial charge in [-0.25, -0.2) is 0 Å². The minimum Gasteiger partial charge on any atom is -0.463 e. The highest BCUT2D eigenvalue weighted by atomic mass is 35.5. The first-order valence-corrected chi connectivity index (χ1v) is 8.47. The molecule has 2 aliphatic rings. The summed E-state index contributed by atoms with van der Waals surface area (Å²) < 4.78 is 23.1. The van der Waals surface area contributed by atoms with E-state index in [1.807, 2.05) is 0 Å². The fourth-order valence-electron chi connectivity index (χ4n) is 2.98. The predicted molar refractivity (Wildman–Crippen MR) is 89.3 cm³/mol. The maximum Gasteiger partial charge on any atom is 0.223 e. The van der Waals surface area contributed by atoms with Crippen LogP contribution in [0.25, 0.3) is 0 Å². The first-order valence-electron chi connectivity index (χ1n) is 8.10. The minimum absolute atomic E-state index is 0.252. The Hall–Kier alpha value is -1.38. The molecule has 0 radical (unpaired) electrons. The van der Waals surface area contributed by atoms with E-state index >= 15 is 0 Å². The van der Waals surface area contributed by atoms with Gasteiger partial charge in [0.25, 0.3) is 0 Å². The zero-order valence-corrected chi connectivity index (χ0v) is 15.0. The van der Waals surface area contributed by atoms with Gasteiger partial charge in [0.05, 0.1) is 6.61 Å². The molecule has 1 aromatic carbocycles. The lowest BCUT2D eigenvalue weighted by atomic mass is 9.95. The van der Waals surface area contributed by atoms with Gasteiger partial charge < -0.3 is 29.4 Å². The van der Waals surface area contributed by atoms with E-state index in [1.165, 1.54) is 6.92 Å². The number of fused-ring (bicyclic) bond motifs is 1. The summed E-state index contributed by atoms with van der Waals surface area (Å²) in [4.78, 5) is 11.6. The van der Waals surface area contributed by atoms with Crippen molar-refractivity contribution in [3.05, 3.63) is 29.3 Å². The van der Waals surface area contributed by atoms with Crippen LogP contribution in [-0.2, 0) is 19.0 Å². The van der Waals surface area contributed by atoms with Crippen molar-refractivity contribution in [1.29, 1.82) is 0 Å². The highest BCUT2D eigenvalue weighted by Gasteiger charge is 2.52. The summed E-state index contributed by atoms with van der Waals surface area (Å²) in [6.45, 7) is 5.15. The largest absolute Gasteiger partial charge is 0.463 e. The molecule has 2 saturated heterocycles. The van der Waals surface area contributed by atoms with Crippen LogP contribution in [0, 0.1) is 0 Å². The van der Waals surface area contributed by atoms with Gasteiger partial charge in [-0.2, -0.15) is 0 Å². The first-order chi connectivity index (χ1) is 11.7. The number of halogens is 1. The van der Waals surface area contributed by atoms with Gasteiger partial charge in [-0.05, 0) is 38.1 Å². The van der Waals surface area contributed by atoms with Crippen LogP contribution >= 0.6 is 11.6 Å². The molecular formula is C17H22ClNO6. The van der Waals surface area contributed by atoms with Gasteiger partial charge >= 0.3 is 0 Å². The average molecular weight is 372 g/mol. The summed E-state index contributed by atoms with van der Waals surface area (Å²) in [7, 11) is 0. The van der Waals surface area contributed by atoms with Crippen molar-refractivity contribution in [2.24, 2.45) is 0 Å². The highest BCUT2D eigenvalue weighted by Crippen LogP contribution is 2.33. The van der Waals surface area contributed by atoms with Crippen molar-refractivity contribution >= 4 is 17.5 Å². The van der Waals surface area contributed by atoms with E-state index in [2.05, 4.69) is 5.32 Å². The first kappa shape index (κ1) is 18.4. The van der Waals surface area contributed by atoms with Gasteiger partial charge in [0.15, 0.2) is 5.79 Å².